The fourth-order valence-electron chi connectivity index (χ4n) is 2.44. The van der Waals surface area contributed by atoms with Gasteiger partial charge in [-0.2, -0.15) is 13.2 Å². The number of rotatable bonds is 4. The lowest BCUT2D eigenvalue weighted by Crippen LogP contribution is -2.33. The molecule has 2 aromatic heterocycles. The van der Waals surface area contributed by atoms with E-state index in [4.69, 9.17) is 10.5 Å². The van der Waals surface area contributed by atoms with Crippen molar-refractivity contribution in [1.82, 2.24) is 19.5 Å². The Morgan fingerprint density at radius 3 is 2.71 bits per heavy atom. The number of hydrogen-bond donors (Lipinski definition) is 3. The van der Waals surface area contributed by atoms with Crippen molar-refractivity contribution >= 4 is 28.7 Å². The predicted octanol–water partition coefficient (Wildman–Crippen LogP) is 0.323. The first-order chi connectivity index (χ1) is 11.3. The maximum atomic E-state index is 12.2. The Morgan fingerprint density at radius 2 is 2.00 bits per heavy atom. The van der Waals surface area contributed by atoms with Crippen molar-refractivity contribution in [3.63, 3.8) is 0 Å². The number of alkyl halides is 3. The van der Waals surface area contributed by atoms with E-state index in [0.717, 1.165) is 0 Å². The second-order valence-electron chi connectivity index (χ2n) is 5.26. The van der Waals surface area contributed by atoms with Gasteiger partial charge >= 0.3 is 6.18 Å². The number of anilines is 1. The van der Waals surface area contributed by atoms with Gasteiger partial charge in [0.05, 0.1) is 18.2 Å². The molecular formula is C12H14F3N5O3S. The lowest BCUT2D eigenvalue weighted by atomic mass is 10.1. The molecule has 0 spiro atoms. The van der Waals surface area contributed by atoms with Crippen LogP contribution >= 0.6 is 11.8 Å². The minimum absolute atomic E-state index is 0.113. The number of halogens is 3. The molecule has 24 heavy (non-hydrogen) atoms. The summed E-state index contributed by atoms with van der Waals surface area (Å²) in [6.07, 6.45) is -6.42. The highest BCUT2D eigenvalue weighted by Gasteiger charge is 2.44. The molecule has 132 valence electrons. The number of nitrogens with two attached hydrogens (primary N) is 1. The van der Waals surface area contributed by atoms with Crippen LogP contribution in [0.25, 0.3) is 11.2 Å². The number of nitrogen functional groups attached to an aromatic ring is 1. The smallest absolute Gasteiger partial charge is 0.387 e. The van der Waals surface area contributed by atoms with Gasteiger partial charge in [0.2, 0.25) is 0 Å². The Hall–Kier alpha value is -1.63. The summed E-state index contributed by atoms with van der Waals surface area (Å²) >= 11 is 0.577. The molecule has 3 rings (SSSR count). The van der Waals surface area contributed by atoms with E-state index in [9.17, 15) is 23.4 Å². The molecule has 0 aromatic carbocycles. The number of aliphatic hydroxyl groups is 2. The number of aliphatic hydroxyl groups excluding tert-OH is 2. The predicted molar refractivity (Wildman–Crippen MR) is 79.0 cm³/mol. The second-order valence-corrected chi connectivity index (χ2v) is 6.29. The number of nitrogens with zero attached hydrogens (tertiary/aromatic N) is 4. The van der Waals surface area contributed by atoms with Crippen LogP contribution in [0.1, 0.15) is 6.23 Å². The van der Waals surface area contributed by atoms with Crippen LogP contribution < -0.4 is 5.73 Å². The third-order valence-electron chi connectivity index (χ3n) is 3.55. The molecule has 1 aliphatic heterocycles. The van der Waals surface area contributed by atoms with Crippen molar-refractivity contribution in [2.75, 3.05) is 17.2 Å². The average molecular weight is 365 g/mol. The number of fused-ring (bicyclic) bond motifs is 1. The van der Waals surface area contributed by atoms with Gasteiger partial charge in [-0.1, -0.05) is 0 Å². The first kappa shape index (κ1) is 17.2. The number of hydrogen-bond acceptors (Lipinski definition) is 8. The summed E-state index contributed by atoms with van der Waals surface area (Å²) in [5, 5.41) is 20.2. The highest BCUT2D eigenvalue weighted by atomic mass is 32.2. The maximum Gasteiger partial charge on any atom is 0.397 e. The lowest BCUT2D eigenvalue weighted by Gasteiger charge is -2.16. The molecule has 2 aromatic rings. The monoisotopic (exact) mass is 365 g/mol. The van der Waals surface area contributed by atoms with Crippen LogP contribution in [0.3, 0.4) is 0 Å². The standard InChI is InChI=1S/C12H14F3N5O3S/c13-12(14,15)2-24-1-5-7(21)8(22)11(23-5)20-4-19-6-9(16)17-3-18-10(6)20/h3-5,7-8,11,21-22H,1-2H2,(H2,16,17,18)/t5-,7-,8-,11-/m0/s1. The summed E-state index contributed by atoms with van der Waals surface area (Å²) in [5.41, 5.74) is 6.27. The topological polar surface area (TPSA) is 119 Å². The molecule has 0 amide bonds. The Morgan fingerprint density at radius 1 is 1.25 bits per heavy atom. The highest BCUT2D eigenvalue weighted by molar-refractivity contribution is 7.99. The van der Waals surface area contributed by atoms with E-state index in [2.05, 4.69) is 15.0 Å². The molecule has 0 saturated carbocycles. The van der Waals surface area contributed by atoms with Crippen LogP contribution in [-0.4, -0.2) is 65.7 Å². The zero-order chi connectivity index (χ0) is 17.5. The minimum Gasteiger partial charge on any atom is -0.387 e. The number of ether oxygens (including phenoxy) is 1. The minimum atomic E-state index is -4.30. The molecule has 1 fully saturated rings. The summed E-state index contributed by atoms with van der Waals surface area (Å²) in [7, 11) is 0. The van der Waals surface area contributed by atoms with E-state index in [-0.39, 0.29) is 11.6 Å². The number of thioether (sulfide) groups is 1. The zero-order valence-corrected chi connectivity index (χ0v) is 12.9. The Labute approximate surface area is 137 Å². The summed E-state index contributed by atoms with van der Waals surface area (Å²) in [4.78, 5) is 11.8. The van der Waals surface area contributed by atoms with Gasteiger partial charge in [-0.25, -0.2) is 15.0 Å². The highest BCUT2D eigenvalue weighted by Crippen LogP contribution is 2.34. The van der Waals surface area contributed by atoms with Gasteiger partial charge in [-0.05, 0) is 0 Å². The Balaban J connectivity index is 1.76. The van der Waals surface area contributed by atoms with E-state index in [1.54, 1.807) is 0 Å². The zero-order valence-electron chi connectivity index (χ0n) is 12.1. The third kappa shape index (κ3) is 3.27. The molecule has 4 N–H and O–H groups in total. The Kier molecular flexibility index (Phi) is 4.55. The molecule has 12 heteroatoms. The van der Waals surface area contributed by atoms with Gasteiger partial charge in [0.1, 0.15) is 24.1 Å². The first-order valence-corrected chi connectivity index (χ1v) is 8.02. The molecule has 0 radical (unpaired) electrons. The van der Waals surface area contributed by atoms with Crippen molar-refractivity contribution in [3.05, 3.63) is 12.7 Å². The molecule has 0 unspecified atom stereocenters. The average Bonchev–Trinajstić information content (AvgIpc) is 3.03. The van der Waals surface area contributed by atoms with Crippen LogP contribution in [0, 0.1) is 0 Å². The fourth-order valence-corrected chi connectivity index (χ4v) is 3.30. The van der Waals surface area contributed by atoms with Gasteiger partial charge in [0.15, 0.2) is 17.7 Å². The van der Waals surface area contributed by atoms with Crippen LogP contribution in [0.4, 0.5) is 19.0 Å². The van der Waals surface area contributed by atoms with Gasteiger partial charge in [0, 0.05) is 5.75 Å². The summed E-state index contributed by atoms with van der Waals surface area (Å²) in [5.74, 6) is -1.03. The van der Waals surface area contributed by atoms with Crippen molar-refractivity contribution in [1.29, 1.82) is 0 Å². The fraction of sp³-hybridized carbons (Fsp3) is 0.583. The number of aromatic nitrogens is 4. The van der Waals surface area contributed by atoms with Crippen molar-refractivity contribution < 1.29 is 28.1 Å². The molecule has 4 atom stereocenters. The normalized spacial score (nSPS) is 27.9. The first-order valence-electron chi connectivity index (χ1n) is 6.87. The van der Waals surface area contributed by atoms with Gasteiger partial charge in [-0.3, -0.25) is 4.57 Å². The summed E-state index contributed by atoms with van der Waals surface area (Å²) in [6, 6.07) is 0. The molecule has 1 aliphatic rings. The van der Waals surface area contributed by atoms with E-state index in [0.29, 0.717) is 22.9 Å². The van der Waals surface area contributed by atoms with Gasteiger partial charge in [-0.15, -0.1) is 11.8 Å². The van der Waals surface area contributed by atoms with Crippen LogP contribution in [0.5, 0.6) is 0 Å². The number of imidazole rings is 1. The lowest BCUT2D eigenvalue weighted by molar-refractivity contribution is -0.105. The second kappa shape index (κ2) is 6.35. The molecule has 1 saturated heterocycles. The van der Waals surface area contributed by atoms with Crippen LogP contribution in [0.2, 0.25) is 0 Å². The van der Waals surface area contributed by atoms with Gasteiger partial charge < -0.3 is 20.7 Å². The van der Waals surface area contributed by atoms with Crippen molar-refractivity contribution in [2.24, 2.45) is 0 Å². The van der Waals surface area contributed by atoms with E-state index in [1.807, 2.05) is 0 Å². The molecule has 0 aliphatic carbocycles. The molecule has 8 nitrogen and oxygen atoms in total. The molecular weight excluding hydrogens is 351 g/mol. The van der Waals surface area contributed by atoms with Gasteiger partial charge in [0.25, 0.3) is 0 Å². The largest absolute Gasteiger partial charge is 0.397 e. The SMILES string of the molecule is Nc1ncnc2c1ncn2[C@H]1O[C@@H](CSCC(F)(F)F)[C@H](O)[C@@H]1O. The third-order valence-corrected chi connectivity index (χ3v) is 4.64. The summed E-state index contributed by atoms with van der Waals surface area (Å²) in [6.45, 7) is 0. The summed E-state index contributed by atoms with van der Waals surface area (Å²) < 4.78 is 43.5. The quantitative estimate of drug-likeness (QED) is 0.709. The van der Waals surface area contributed by atoms with Crippen molar-refractivity contribution in [2.45, 2.75) is 30.7 Å². The van der Waals surface area contributed by atoms with E-state index >= 15 is 0 Å². The van der Waals surface area contributed by atoms with E-state index < -0.39 is 36.5 Å². The molecule has 3 heterocycles. The van der Waals surface area contributed by atoms with Crippen molar-refractivity contribution in [3.8, 4) is 0 Å². The Bertz CT molecular complexity index is 728. The van der Waals surface area contributed by atoms with Crippen LogP contribution in [-0.2, 0) is 4.74 Å². The van der Waals surface area contributed by atoms with Crippen LogP contribution in [0.15, 0.2) is 12.7 Å². The van der Waals surface area contributed by atoms with E-state index in [1.165, 1.54) is 17.2 Å². The molecule has 0 bridgehead atoms. The maximum absolute atomic E-state index is 12.2.